The summed E-state index contributed by atoms with van der Waals surface area (Å²) in [7, 11) is 0. The van der Waals surface area contributed by atoms with Crippen molar-refractivity contribution in [2.45, 2.75) is 26.2 Å². The molecule has 2 aliphatic rings. The average Bonchev–Trinajstić information content (AvgIpc) is 3.37. The van der Waals surface area contributed by atoms with Crippen LogP contribution in [0.2, 0.25) is 0 Å². The maximum Gasteiger partial charge on any atom is 0.309 e. The fraction of sp³-hybridized carbons (Fsp3) is 0.450. The molecule has 1 aromatic carbocycles. The van der Waals surface area contributed by atoms with E-state index < -0.39 is 0 Å². The van der Waals surface area contributed by atoms with Crippen LogP contribution in [0, 0.1) is 5.92 Å². The average molecular weight is 386 g/mol. The normalized spacial score (nSPS) is 16.2. The second kappa shape index (κ2) is 7.92. The van der Waals surface area contributed by atoms with Crippen LogP contribution in [0.5, 0.6) is 11.5 Å². The maximum atomic E-state index is 12.7. The van der Waals surface area contributed by atoms with Crippen molar-refractivity contribution in [3.05, 3.63) is 41.3 Å². The lowest BCUT2D eigenvalue weighted by Crippen LogP contribution is -2.40. The molecule has 1 amide bonds. The van der Waals surface area contributed by atoms with E-state index in [1.54, 1.807) is 17.9 Å². The van der Waals surface area contributed by atoms with Crippen LogP contribution >= 0.6 is 0 Å². The van der Waals surface area contributed by atoms with Crippen molar-refractivity contribution in [1.82, 2.24) is 10.1 Å². The van der Waals surface area contributed by atoms with E-state index in [0.29, 0.717) is 50.4 Å². The first-order valence-electron chi connectivity index (χ1n) is 9.44. The predicted molar refractivity (Wildman–Crippen MR) is 97.1 cm³/mol. The molecule has 1 saturated heterocycles. The summed E-state index contributed by atoms with van der Waals surface area (Å²) < 4.78 is 21.0. The van der Waals surface area contributed by atoms with Crippen molar-refractivity contribution >= 4 is 11.9 Å². The van der Waals surface area contributed by atoms with E-state index in [1.165, 1.54) is 0 Å². The van der Waals surface area contributed by atoms with E-state index in [1.807, 2.05) is 18.2 Å². The zero-order valence-corrected chi connectivity index (χ0v) is 15.7. The number of carbonyl (C=O) groups is 2. The molecule has 4 rings (SSSR count). The molecule has 1 fully saturated rings. The van der Waals surface area contributed by atoms with Crippen LogP contribution < -0.4 is 9.47 Å². The lowest BCUT2D eigenvalue weighted by atomic mass is 9.97. The number of amides is 1. The Bertz CT molecular complexity index is 869. The third-order valence-corrected chi connectivity index (χ3v) is 4.99. The number of rotatable bonds is 5. The quantitative estimate of drug-likeness (QED) is 0.729. The first-order valence-corrected chi connectivity index (χ1v) is 9.44. The van der Waals surface area contributed by atoms with Crippen LogP contribution in [0.25, 0.3) is 0 Å². The van der Waals surface area contributed by atoms with Gasteiger partial charge in [-0.05, 0) is 37.5 Å². The number of benzene rings is 1. The molecule has 1 aromatic heterocycles. The number of likely N-dealkylation sites (tertiary alicyclic amines) is 1. The number of aromatic nitrogens is 1. The number of fused-ring (bicyclic) bond motifs is 1. The zero-order chi connectivity index (χ0) is 19.5. The van der Waals surface area contributed by atoms with Crippen molar-refractivity contribution in [2.24, 2.45) is 5.92 Å². The first kappa shape index (κ1) is 18.3. The van der Waals surface area contributed by atoms with Gasteiger partial charge in [-0.3, -0.25) is 9.59 Å². The molecule has 0 unspecified atom stereocenters. The van der Waals surface area contributed by atoms with Gasteiger partial charge in [0, 0.05) is 25.6 Å². The van der Waals surface area contributed by atoms with Gasteiger partial charge in [-0.25, -0.2) is 0 Å². The van der Waals surface area contributed by atoms with Crippen LogP contribution in [-0.2, 0) is 16.0 Å². The summed E-state index contributed by atoms with van der Waals surface area (Å²) in [6.45, 7) is 3.40. The second-order valence-corrected chi connectivity index (χ2v) is 6.87. The van der Waals surface area contributed by atoms with Gasteiger partial charge in [0.2, 0.25) is 12.6 Å². The molecule has 0 spiro atoms. The smallest absolute Gasteiger partial charge is 0.309 e. The Kier molecular flexibility index (Phi) is 5.18. The topological polar surface area (TPSA) is 91.1 Å². The summed E-state index contributed by atoms with van der Waals surface area (Å²) in [6, 6.07) is 7.37. The minimum atomic E-state index is -0.202. The molecule has 8 nitrogen and oxygen atoms in total. The van der Waals surface area contributed by atoms with Crippen molar-refractivity contribution in [3.8, 4) is 11.5 Å². The van der Waals surface area contributed by atoms with Gasteiger partial charge in [-0.15, -0.1) is 0 Å². The van der Waals surface area contributed by atoms with Crippen molar-refractivity contribution in [2.75, 3.05) is 26.5 Å². The highest BCUT2D eigenvalue weighted by Crippen LogP contribution is 2.33. The fourth-order valence-corrected chi connectivity index (χ4v) is 3.49. The molecule has 148 valence electrons. The van der Waals surface area contributed by atoms with Crippen LogP contribution in [0.1, 0.15) is 41.6 Å². The van der Waals surface area contributed by atoms with Crippen molar-refractivity contribution < 1.29 is 28.3 Å². The number of hydrogen-bond acceptors (Lipinski definition) is 7. The molecule has 2 aliphatic heterocycles. The molecular weight excluding hydrogens is 364 g/mol. The van der Waals surface area contributed by atoms with Gasteiger partial charge in [0.05, 0.1) is 18.2 Å². The Morgan fingerprint density at radius 3 is 2.75 bits per heavy atom. The van der Waals surface area contributed by atoms with E-state index in [4.69, 9.17) is 18.7 Å². The zero-order valence-electron chi connectivity index (χ0n) is 15.7. The van der Waals surface area contributed by atoms with E-state index in [-0.39, 0.29) is 30.3 Å². The molecule has 0 radical (unpaired) electrons. The lowest BCUT2D eigenvalue weighted by Gasteiger charge is -2.30. The van der Waals surface area contributed by atoms with Crippen LogP contribution in [0.4, 0.5) is 0 Å². The maximum absolute atomic E-state index is 12.7. The number of esters is 1. The molecular formula is C20H22N2O6. The SMILES string of the molecule is CCOC(=O)C1CCN(C(=O)c2cc(Cc3ccc4c(c3)OCO4)no2)CC1. The molecule has 2 aromatic rings. The monoisotopic (exact) mass is 386 g/mol. The molecule has 28 heavy (non-hydrogen) atoms. The number of ether oxygens (including phenoxy) is 3. The van der Waals surface area contributed by atoms with E-state index in [0.717, 1.165) is 11.3 Å². The van der Waals surface area contributed by atoms with E-state index in [2.05, 4.69) is 5.16 Å². The minimum Gasteiger partial charge on any atom is -0.466 e. The minimum absolute atomic E-state index is 0.139. The van der Waals surface area contributed by atoms with Crippen LogP contribution in [0.3, 0.4) is 0 Å². The Hall–Kier alpha value is -3.03. The number of carbonyl (C=O) groups excluding carboxylic acids is 2. The van der Waals surface area contributed by atoms with E-state index >= 15 is 0 Å². The summed E-state index contributed by atoms with van der Waals surface area (Å²) in [5.74, 6) is 1.13. The third-order valence-electron chi connectivity index (χ3n) is 4.99. The molecule has 8 heteroatoms. The Morgan fingerprint density at radius 2 is 1.96 bits per heavy atom. The van der Waals surface area contributed by atoms with Crippen molar-refractivity contribution in [1.29, 1.82) is 0 Å². The molecule has 0 N–H and O–H groups in total. The number of piperidine rings is 1. The molecule has 0 aliphatic carbocycles. The highest BCUT2D eigenvalue weighted by molar-refractivity contribution is 5.91. The van der Waals surface area contributed by atoms with Gasteiger partial charge < -0.3 is 23.6 Å². The molecule has 3 heterocycles. The Labute approximate surface area is 162 Å². The molecule has 0 saturated carbocycles. The van der Waals surface area contributed by atoms with E-state index in [9.17, 15) is 9.59 Å². The largest absolute Gasteiger partial charge is 0.466 e. The summed E-state index contributed by atoms with van der Waals surface area (Å²) >= 11 is 0. The number of nitrogens with zero attached hydrogens (tertiary/aromatic N) is 2. The van der Waals surface area contributed by atoms with Crippen molar-refractivity contribution in [3.63, 3.8) is 0 Å². The summed E-state index contributed by atoms with van der Waals surface area (Å²) in [6.07, 6.45) is 1.73. The van der Waals surface area contributed by atoms with Gasteiger partial charge in [-0.1, -0.05) is 11.2 Å². The highest BCUT2D eigenvalue weighted by Gasteiger charge is 2.30. The number of hydrogen-bond donors (Lipinski definition) is 0. The Balaban J connectivity index is 1.35. The van der Waals surface area contributed by atoms with Gasteiger partial charge in [0.15, 0.2) is 11.5 Å². The van der Waals surface area contributed by atoms with Crippen LogP contribution in [-0.4, -0.2) is 48.4 Å². The molecule has 0 bridgehead atoms. The van der Waals surface area contributed by atoms with Gasteiger partial charge in [-0.2, -0.15) is 0 Å². The fourth-order valence-electron chi connectivity index (χ4n) is 3.49. The predicted octanol–water partition coefficient (Wildman–Crippen LogP) is 2.41. The highest BCUT2D eigenvalue weighted by atomic mass is 16.7. The standard InChI is InChI=1S/C20H22N2O6/c1-2-25-20(24)14-5-7-22(8-6-14)19(23)18-11-15(21-28-18)9-13-3-4-16-17(10-13)27-12-26-16/h3-4,10-11,14H,2,5-9,12H2,1H3. The summed E-state index contributed by atoms with van der Waals surface area (Å²) in [5, 5.41) is 4.02. The second-order valence-electron chi connectivity index (χ2n) is 6.87. The summed E-state index contributed by atoms with van der Waals surface area (Å²) in [4.78, 5) is 26.2. The van der Waals surface area contributed by atoms with Gasteiger partial charge in [0.25, 0.3) is 5.91 Å². The first-order chi connectivity index (χ1) is 13.6. The van der Waals surface area contributed by atoms with Crippen LogP contribution in [0.15, 0.2) is 28.8 Å². The third kappa shape index (κ3) is 3.81. The van der Waals surface area contributed by atoms with Gasteiger partial charge >= 0.3 is 5.97 Å². The molecule has 0 atom stereocenters. The summed E-state index contributed by atoms with van der Waals surface area (Å²) in [5.41, 5.74) is 1.66. The lowest BCUT2D eigenvalue weighted by molar-refractivity contribution is -0.149. The Morgan fingerprint density at radius 1 is 1.18 bits per heavy atom. The van der Waals surface area contributed by atoms with Gasteiger partial charge in [0.1, 0.15) is 0 Å².